The molecule has 3 nitrogen and oxygen atoms in total. The largest absolute Gasteiger partial charge is 0.396 e. The number of rotatable bonds is 11. The van der Waals surface area contributed by atoms with Crippen molar-refractivity contribution >= 4 is 0 Å². The molecule has 0 aliphatic heterocycles. The lowest BCUT2D eigenvalue weighted by Gasteiger charge is -2.37. The number of allylic oxidation sites excluding steroid dienone is 4. The second kappa shape index (κ2) is 9.53. The lowest BCUT2D eigenvalue weighted by Crippen LogP contribution is -2.38. The molecule has 0 aromatic rings. The summed E-state index contributed by atoms with van der Waals surface area (Å²) in [6.07, 6.45) is 20.7. The molecule has 14 unspecified atom stereocenters. The Morgan fingerprint density at radius 3 is 2.17 bits per heavy atom. The van der Waals surface area contributed by atoms with Gasteiger partial charge in [0, 0.05) is 18.6 Å². The summed E-state index contributed by atoms with van der Waals surface area (Å²) in [5, 5.41) is 10.4. The minimum absolute atomic E-state index is 0.173. The summed E-state index contributed by atoms with van der Waals surface area (Å²) in [7, 11) is 0. The van der Waals surface area contributed by atoms with Crippen LogP contribution in [-0.2, 0) is 9.47 Å². The van der Waals surface area contributed by atoms with E-state index in [1.165, 1.54) is 44.9 Å². The zero-order valence-electron chi connectivity index (χ0n) is 22.8. The van der Waals surface area contributed by atoms with Crippen LogP contribution in [0.15, 0.2) is 24.3 Å². The van der Waals surface area contributed by atoms with Crippen molar-refractivity contribution in [3.8, 4) is 0 Å². The van der Waals surface area contributed by atoms with Gasteiger partial charge in [-0.05, 0) is 135 Å². The van der Waals surface area contributed by atoms with E-state index in [0.717, 1.165) is 96.6 Å². The van der Waals surface area contributed by atoms with E-state index in [2.05, 4.69) is 38.2 Å². The zero-order valence-corrected chi connectivity index (χ0v) is 22.8. The van der Waals surface area contributed by atoms with Crippen LogP contribution in [0.1, 0.15) is 65.2 Å². The van der Waals surface area contributed by atoms with Crippen LogP contribution in [0, 0.1) is 82.3 Å². The first-order valence-corrected chi connectivity index (χ1v) is 15.7. The Kier molecular flexibility index (Phi) is 6.46. The number of hydrogen-bond acceptors (Lipinski definition) is 3. The van der Waals surface area contributed by atoms with E-state index in [4.69, 9.17) is 9.47 Å². The molecule has 0 aromatic heterocycles. The highest BCUT2D eigenvalue weighted by atomic mass is 16.5. The molecule has 3 heteroatoms. The molecule has 0 spiro atoms. The number of aliphatic hydroxyl groups is 1. The van der Waals surface area contributed by atoms with Crippen molar-refractivity contribution in [3.05, 3.63) is 24.3 Å². The summed E-state index contributed by atoms with van der Waals surface area (Å²) in [5.74, 6) is 11.6. The molecule has 36 heavy (non-hydrogen) atoms. The lowest BCUT2D eigenvalue weighted by atomic mass is 9.69. The van der Waals surface area contributed by atoms with Gasteiger partial charge in [0.2, 0.25) is 0 Å². The monoisotopic (exact) mass is 494 g/mol. The predicted molar refractivity (Wildman–Crippen MR) is 143 cm³/mol. The minimum atomic E-state index is -0.236. The summed E-state index contributed by atoms with van der Waals surface area (Å²) >= 11 is 0. The molecule has 6 bridgehead atoms. The van der Waals surface area contributed by atoms with Crippen LogP contribution in [-0.4, -0.2) is 38.1 Å². The Labute approximate surface area is 219 Å². The molecule has 7 aliphatic carbocycles. The summed E-state index contributed by atoms with van der Waals surface area (Å²) in [6, 6.07) is 0. The van der Waals surface area contributed by atoms with Crippen molar-refractivity contribution in [2.45, 2.75) is 65.2 Å². The van der Waals surface area contributed by atoms with Gasteiger partial charge in [-0.2, -0.15) is 0 Å². The number of ether oxygens (including phenoxy) is 2. The van der Waals surface area contributed by atoms with Crippen molar-refractivity contribution in [2.24, 2.45) is 82.3 Å². The highest BCUT2D eigenvalue weighted by Gasteiger charge is 2.61. The standard InChI is InChI=1S/C33H50O3/c1-3-5-20-8-9-27-28-13-23(30(20)27)11-25(28)15-35-18-33(4-2,17-34)19-36-16-26-12-24-14-29(26)32-22-7-6-21(10-22)31(24)32/h3,5-7,20-32,34H,4,8-19H2,1-2H3/b5-3-. The molecular weight excluding hydrogens is 444 g/mol. The van der Waals surface area contributed by atoms with Gasteiger partial charge >= 0.3 is 0 Å². The zero-order chi connectivity index (χ0) is 24.4. The van der Waals surface area contributed by atoms with Gasteiger partial charge in [0.1, 0.15) is 0 Å². The molecule has 0 aromatic carbocycles. The third kappa shape index (κ3) is 3.76. The van der Waals surface area contributed by atoms with Gasteiger partial charge in [-0.3, -0.25) is 0 Å². The van der Waals surface area contributed by atoms with Crippen LogP contribution in [0.5, 0.6) is 0 Å². The van der Waals surface area contributed by atoms with E-state index in [0.29, 0.717) is 13.2 Å². The lowest BCUT2D eigenvalue weighted by molar-refractivity contribution is -0.0744. The van der Waals surface area contributed by atoms with Crippen molar-refractivity contribution in [2.75, 3.05) is 33.0 Å². The highest BCUT2D eigenvalue weighted by molar-refractivity contribution is 5.20. The first-order chi connectivity index (χ1) is 17.6. The van der Waals surface area contributed by atoms with Gasteiger partial charge in [0.05, 0.1) is 19.8 Å². The second-order valence-corrected chi connectivity index (χ2v) is 14.5. The van der Waals surface area contributed by atoms with E-state index in [1.54, 1.807) is 0 Å². The molecule has 0 radical (unpaired) electrons. The molecule has 14 atom stereocenters. The molecular formula is C33H50O3. The first kappa shape index (κ1) is 24.4. The Hall–Kier alpha value is -0.640. The van der Waals surface area contributed by atoms with Crippen LogP contribution < -0.4 is 0 Å². The molecule has 0 saturated heterocycles. The van der Waals surface area contributed by atoms with Crippen molar-refractivity contribution in [1.29, 1.82) is 0 Å². The predicted octanol–water partition coefficient (Wildman–Crippen LogP) is 6.38. The summed E-state index contributed by atoms with van der Waals surface area (Å²) in [4.78, 5) is 0. The van der Waals surface area contributed by atoms with Gasteiger partial charge < -0.3 is 14.6 Å². The van der Waals surface area contributed by atoms with Gasteiger partial charge in [0.15, 0.2) is 0 Å². The van der Waals surface area contributed by atoms with Crippen LogP contribution in [0.2, 0.25) is 0 Å². The maximum absolute atomic E-state index is 10.4. The van der Waals surface area contributed by atoms with Gasteiger partial charge in [-0.25, -0.2) is 0 Å². The fourth-order valence-corrected chi connectivity index (χ4v) is 11.6. The van der Waals surface area contributed by atoms with E-state index in [-0.39, 0.29) is 12.0 Å². The first-order valence-electron chi connectivity index (χ1n) is 15.7. The van der Waals surface area contributed by atoms with Crippen molar-refractivity contribution in [1.82, 2.24) is 0 Å². The Bertz CT molecular complexity index is 859. The molecule has 0 amide bonds. The number of aliphatic hydroxyl groups excluding tert-OH is 1. The van der Waals surface area contributed by atoms with Crippen LogP contribution >= 0.6 is 0 Å². The van der Waals surface area contributed by atoms with Gasteiger partial charge in [0.25, 0.3) is 0 Å². The average Bonchev–Trinajstić information content (AvgIpc) is 3.72. The topological polar surface area (TPSA) is 38.7 Å². The fraction of sp³-hybridized carbons (Fsp3) is 0.879. The molecule has 200 valence electrons. The molecule has 0 heterocycles. The van der Waals surface area contributed by atoms with Gasteiger partial charge in [-0.1, -0.05) is 31.2 Å². The van der Waals surface area contributed by atoms with E-state index < -0.39 is 0 Å². The Morgan fingerprint density at radius 1 is 0.806 bits per heavy atom. The summed E-state index contributed by atoms with van der Waals surface area (Å²) < 4.78 is 12.9. The van der Waals surface area contributed by atoms with Crippen LogP contribution in [0.4, 0.5) is 0 Å². The molecule has 7 rings (SSSR count). The highest BCUT2D eigenvalue weighted by Crippen LogP contribution is 2.67. The van der Waals surface area contributed by atoms with E-state index >= 15 is 0 Å². The third-order valence-electron chi connectivity index (χ3n) is 13.1. The summed E-state index contributed by atoms with van der Waals surface area (Å²) in [6.45, 7) is 7.66. The molecule has 1 N–H and O–H groups in total. The van der Waals surface area contributed by atoms with Crippen molar-refractivity contribution in [3.63, 3.8) is 0 Å². The molecule has 7 aliphatic rings. The SMILES string of the molecule is C/C=C\C1CCC2C3CC(CC3COCC(CC)(CO)COCC3CC4CC3C3C5C=CC(C5)C43)C12. The smallest absolute Gasteiger partial charge is 0.0566 e. The van der Waals surface area contributed by atoms with Gasteiger partial charge in [-0.15, -0.1) is 0 Å². The summed E-state index contributed by atoms with van der Waals surface area (Å²) in [5.41, 5.74) is -0.236. The quantitative estimate of drug-likeness (QED) is 0.268. The minimum Gasteiger partial charge on any atom is -0.396 e. The van der Waals surface area contributed by atoms with E-state index in [9.17, 15) is 5.11 Å². The maximum atomic E-state index is 10.4. The van der Waals surface area contributed by atoms with Crippen LogP contribution in [0.3, 0.4) is 0 Å². The number of hydrogen-bond donors (Lipinski definition) is 1. The Balaban J connectivity index is 0.886. The fourth-order valence-electron chi connectivity index (χ4n) is 11.6. The Morgan fingerprint density at radius 2 is 1.47 bits per heavy atom. The second-order valence-electron chi connectivity index (χ2n) is 14.5. The third-order valence-corrected chi connectivity index (χ3v) is 13.1. The molecule has 6 saturated carbocycles. The normalized spacial score (nSPS) is 51.0. The van der Waals surface area contributed by atoms with Crippen molar-refractivity contribution < 1.29 is 14.6 Å². The average molecular weight is 495 g/mol. The maximum Gasteiger partial charge on any atom is 0.0566 e. The van der Waals surface area contributed by atoms with E-state index in [1.807, 2.05) is 0 Å². The molecule has 6 fully saturated rings. The van der Waals surface area contributed by atoms with Crippen LogP contribution in [0.25, 0.3) is 0 Å². The number of fused-ring (bicyclic) bond motifs is 14.